The zero-order valence-corrected chi connectivity index (χ0v) is 21.9. The van der Waals surface area contributed by atoms with Gasteiger partial charge in [0.1, 0.15) is 5.82 Å². The van der Waals surface area contributed by atoms with Gasteiger partial charge in [-0.15, -0.1) is 0 Å². The number of hydrogen-bond donors (Lipinski definition) is 1. The van der Waals surface area contributed by atoms with Gasteiger partial charge in [0.2, 0.25) is 0 Å². The van der Waals surface area contributed by atoms with Crippen LogP contribution in [0.5, 0.6) is 0 Å². The lowest BCUT2D eigenvalue weighted by Crippen LogP contribution is -2.45. The third-order valence-electron chi connectivity index (χ3n) is 9.21. The Hall–Kier alpha value is -2.80. The zero-order chi connectivity index (χ0) is 27.6. The van der Waals surface area contributed by atoms with Crippen LogP contribution in [0.3, 0.4) is 0 Å². The zero-order valence-electron chi connectivity index (χ0n) is 21.9. The molecule has 0 aliphatic heterocycles. The second-order valence-electron chi connectivity index (χ2n) is 12.1. The van der Waals surface area contributed by atoms with E-state index in [1.165, 1.54) is 24.3 Å². The van der Waals surface area contributed by atoms with Crippen LogP contribution in [0, 0.1) is 11.2 Å². The Balaban J connectivity index is 1.61. The van der Waals surface area contributed by atoms with Crippen LogP contribution in [0.25, 0.3) is 11.1 Å². The van der Waals surface area contributed by atoms with Gasteiger partial charge in [0, 0.05) is 22.7 Å². The minimum absolute atomic E-state index is 0.0152. The number of pyridine rings is 1. The predicted octanol–water partition coefficient (Wildman–Crippen LogP) is 8.95. The Labute approximate surface area is 225 Å². The number of halogens is 5. The lowest BCUT2D eigenvalue weighted by atomic mass is 9.56. The van der Waals surface area contributed by atoms with Gasteiger partial charge in [-0.25, -0.2) is 8.78 Å². The molecule has 2 aromatic carbocycles. The van der Waals surface area contributed by atoms with Gasteiger partial charge >= 0.3 is 6.18 Å². The molecule has 1 spiro atoms. The van der Waals surface area contributed by atoms with E-state index in [2.05, 4.69) is 0 Å². The highest BCUT2D eigenvalue weighted by molar-refractivity contribution is 5.76. The van der Waals surface area contributed by atoms with Crippen molar-refractivity contribution in [3.63, 3.8) is 0 Å². The monoisotopic (exact) mass is 541 g/mol. The van der Waals surface area contributed by atoms with Crippen LogP contribution in [0.2, 0.25) is 0 Å². The van der Waals surface area contributed by atoms with Gasteiger partial charge in [0.05, 0.1) is 16.9 Å². The first-order valence-electron chi connectivity index (χ1n) is 13.8. The summed E-state index contributed by atoms with van der Waals surface area (Å²) in [5.41, 5.74) is 1.28. The third-order valence-corrected chi connectivity index (χ3v) is 9.21. The predicted molar refractivity (Wildman–Crippen MR) is 139 cm³/mol. The summed E-state index contributed by atoms with van der Waals surface area (Å²) in [4.78, 5) is 5.12. The highest BCUT2D eigenvalue weighted by atomic mass is 19.4. The average molecular weight is 542 g/mol. The fourth-order valence-corrected chi connectivity index (χ4v) is 7.33. The van der Waals surface area contributed by atoms with E-state index in [0.717, 1.165) is 62.8 Å². The number of benzene rings is 2. The van der Waals surface area contributed by atoms with E-state index in [4.69, 9.17) is 4.98 Å². The number of nitrogens with zero attached hydrogens (tertiary/aromatic N) is 1. The van der Waals surface area contributed by atoms with E-state index >= 15 is 4.39 Å². The molecular formula is C32H32F5NO. The summed E-state index contributed by atoms with van der Waals surface area (Å²) in [6.45, 7) is 1.75. The minimum Gasteiger partial charge on any atom is -0.385 e. The quantitative estimate of drug-likeness (QED) is 0.335. The fourth-order valence-electron chi connectivity index (χ4n) is 7.33. The number of fused-ring (bicyclic) bond motifs is 1. The van der Waals surface area contributed by atoms with E-state index in [1.54, 1.807) is 19.1 Å². The van der Waals surface area contributed by atoms with E-state index in [0.29, 0.717) is 35.2 Å². The molecule has 7 heteroatoms. The van der Waals surface area contributed by atoms with Crippen LogP contribution in [0.15, 0.2) is 48.5 Å². The summed E-state index contributed by atoms with van der Waals surface area (Å²) < 4.78 is 70.5. The van der Waals surface area contributed by atoms with Gasteiger partial charge in [-0.3, -0.25) is 4.98 Å². The van der Waals surface area contributed by atoms with E-state index < -0.39 is 29.3 Å². The van der Waals surface area contributed by atoms with Crippen molar-refractivity contribution in [3.8, 4) is 11.1 Å². The van der Waals surface area contributed by atoms with E-state index in [-0.39, 0.29) is 22.5 Å². The largest absolute Gasteiger partial charge is 0.416 e. The molecule has 2 fully saturated rings. The van der Waals surface area contributed by atoms with Crippen LogP contribution < -0.4 is 0 Å². The molecular weight excluding hydrogens is 509 g/mol. The number of aliphatic hydroxyl groups is 1. The van der Waals surface area contributed by atoms with Crippen LogP contribution in [-0.4, -0.2) is 10.1 Å². The molecule has 0 radical (unpaired) electrons. The first-order chi connectivity index (χ1) is 18.5. The van der Waals surface area contributed by atoms with E-state index in [9.17, 15) is 22.7 Å². The van der Waals surface area contributed by atoms with Crippen molar-refractivity contribution in [2.45, 2.75) is 88.6 Å². The Bertz CT molecular complexity index is 1370. The molecule has 39 heavy (non-hydrogen) atoms. The lowest BCUT2D eigenvalue weighted by molar-refractivity contribution is -0.137. The molecule has 0 amide bonds. The highest BCUT2D eigenvalue weighted by Gasteiger charge is 2.50. The first-order valence-corrected chi connectivity index (χ1v) is 13.8. The molecule has 206 valence electrons. The first kappa shape index (κ1) is 26.4. The van der Waals surface area contributed by atoms with E-state index in [1.807, 2.05) is 0 Å². The van der Waals surface area contributed by atoms with Gasteiger partial charge in [-0.05, 0) is 91.8 Å². The summed E-state index contributed by atoms with van der Waals surface area (Å²) in [5.74, 6) is -0.416. The van der Waals surface area contributed by atoms with Crippen molar-refractivity contribution >= 4 is 0 Å². The molecule has 0 bridgehead atoms. The Morgan fingerprint density at radius 1 is 0.949 bits per heavy atom. The molecule has 2 atom stereocenters. The van der Waals surface area contributed by atoms with Crippen LogP contribution in [0.1, 0.15) is 104 Å². The molecule has 3 aliphatic rings. The topological polar surface area (TPSA) is 33.1 Å². The molecule has 2 saturated carbocycles. The number of rotatable bonds is 4. The fraction of sp³-hybridized carbons (Fsp3) is 0.469. The Morgan fingerprint density at radius 2 is 1.59 bits per heavy atom. The minimum atomic E-state index is -4.53. The van der Waals surface area contributed by atoms with Crippen molar-refractivity contribution < 1.29 is 27.1 Å². The molecule has 1 unspecified atom stereocenters. The normalized spacial score (nSPS) is 23.5. The van der Waals surface area contributed by atoms with Gasteiger partial charge in [0.25, 0.3) is 0 Å². The average Bonchev–Trinajstić information content (AvgIpc) is 3.41. The maximum absolute atomic E-state index is 16.8. The van der Waals surface area contributed by atoms with Crippen LogP contribution in [-0.2, 0) is 18.2 Å². The number of alkyl halides is 4. The van der Waals surface area contributed by atoms with Gasteiger partial charge in [-0.2, -0.15) is 13.2 Å². The van der Waals surface area contributed by atoms with Gasteiger partial charge < -0.3 is 5.11 Å². The lowest BCUT2D eigenvalue weighted by Gasteiger charge is -2.51. The van der Waals surface area contributed by atoms with Crippen LogP contribution >= 0.6 is 0 Å². The molecule has 1 N–H and O–H groups in total. The van der Waals surface area contributed by atoms with Crippen molar-refractivity contribution in [1.29, 1.82) is 0 Å². The van der Waals surface area contributed by atoms with Crippen LogP contribution in [0.4, 0.5) is 22.0 Å². The summed E-state index contributed by atoms with van der Waals surface area (Å²) in [5, 5.41) is 11.9. The Morgan fingerprint density at radius 3 is 2.15 bits per heavy atom. The molecule has 2 nitrogen and oxygen atoms in total. The van der Waals surface area contributed by atoms with Gasteiger partial charge in [-0.1, -0.05) is 43.5 Å². The maximum Gasteiger partial charge on any atom is 0.416 e. The van der Waals surface area contributed by atoms with Crippen molar-refractivity contribution in [2.24, 2.45) is 5.41 Å². The standard InChI is InChI=1S/C32H32F5NO/c1-30(39)18-31(15-4-16-31)17-24-27(30)25(19-9-13-23(33)14-10-19)26(29(38-24)21-5-2-3-6-21)28(34)20-7-11-22(12-8-20)32(35,36)37/h7-14,21,28,39H,2-6,15-18H2,1H3/t28-,30?/m1/s1. The molecule has 6 rings (SSSR count). The van der Waals surface area contributed by atoms with Crippen molar-refractivity contribution in [3.05, 3.63) is 88.0 Å². The molecule has 1 aromatic heterocycles. The summed E-state index contributed by atoms with van der Waals surface area (Å²) in [6, 6.07) is 9.98. The highest BCUT2D eigenvalue weighted by Crippen LogP contribution is 2.58. The number of hydrogen-bond acceptors (Lipinski definition) is 2. The van der Waals surface area contributed by atoms with Gasteiger partial charge in [0.15, 0.2) is 6.17 Å². The molecule has 1 heterocycles. The molecule has 0 saturated heterocycles. The second-order valence-corrected chi connectivity index (χ2v) is 12.1. The Kier molecular flexibility index (Phi) is 6.37. The second kappa shape index (κ2) is 9.39. The molecule has 3 aromatic rings. The number of aromatic nitrogens is 1. The summed E-state index contributed by atoms with van der Waals surface area (Å²) in [6.07, 6.45) is 1.74. The van der Waals surface area contributed by atoms with Crippen molar-refractivity contribution in [2.75, 3.05) is 0 Å². The molecule has 3 aliphatic carbocycles. The smallest absolute Gasteiger partial charge is 0.385 e. The third kappa shape index (κ3) is 4.66. The summed E-state index contributed by atoms with van der Waals surface area (Å²) in [7, 11) is 0. The summed E-state index contributed by atoms with van der Waals surface area (Å²) >= 11 is 0. The SMILES string of the molecule is CC1(O)CC2(CCC2)Cc2nc(C3CCCC3)c([C@H](F)c3ccc(C(F)(F)F)cc3)c(-c3ccc(F)cc3)c21. The maximum atomic E-state index is 16.8. The van der Waals surface area contributed by atoms with Crippen molar-refractivity contribution in [1.82, 2.24) is 4.98 Å².